The molecule has 0 radical (unpaired) electrons. The minimum atomic E-state index is -0.863. The number of nitrogens with one attached hydrogen (secondary N) is 1. The normalized spacial score (nSPS) is 18.3. The minimum Gasteiger partial charge on any atom is -0.498 e. The second-order valence-corrected chi connectivity index (χ2v) is 11.3. The molecular weight excluding hydrogens is 508 g/mol. The maximum Gasteiger partial charge on any atom is 0.227 e. The van der Waals surface area contributed by atoms with Gasteiger partial charge in [-0.05, 0) is 69.1 Å². The van der Waals surface area contributed by atoms with Crippen molar-refractivity contribution < 1.29 is 13.7 Å². The number of aromatic nitrogens is 2. The maximum absolute atomic E-state index is 11.9. The number of hydrogen-bond acceptors (Lipinski definition) is 7. The first-order valence-corrected chi connectivity index (χ1v) is 15.1. The summed E-state index contributed by atoms with van der Waals surface area (Å²) in [7, 11) is 1.23. The van der Waals surface area contributed by atoms with Crippen molar-refractivity contribution in [2.75, 3.05) is 43.6 Å². The second-order valence-electron chi connectivity index (χ2n) is 9.44. The molecule has 1 aromatic heterocycles. The van der Waals surface area contributed by atoms with Crippen LogP contribution in [0, 0.1) is 6.92 Å². The largest absolute Gasteiger partial charge is 0.498 e. The number of likely N-dealkylation sites (N-methyl/N-ethyl adjacent to an activating group) is 1. The third kappa shape index (κ3) is 9.79. The number of allylic oxidation sites excluding steroid dienone is 5. The van der Waals surface area contributed by atoms with Crippen molar-refractivity contribution in [1.82, 2.24) is 14.9 Å². The van der Waals surface area contributed by atoms with Crippen LogP contribution in [-0.4, -0.2) is 57.4 Å². The lowest BCUT2D eigenvalue weighted by Crippen LogP contribution is -2.19. The lowest BCUT2D eigenvalue weighted by Gasteiger charge is -2.19. The van der Waals surface area contributed by atoms with Crippen molar-refractivity contribution in [1.29, 1.82) is 0 Å². The summed E-state index contributed by atoms with van der Waals surface area (Å²) in [6.45, 7) is 12.6. The Kier molecular flexibility index (Phi) is 12.4. The van der Waals surface area contributed by atoms with Gasteiger partial charge in [-0.15, -0.1) is 0 Å². The first-order valence-electron chi connectivity index (χ1n) is 13.6. The predicted molar refractivity (Wildman–Crippen MR) is 163 cm³/mol. The van der Waals surface area contributed by atoms with Crippen LogP contribution < -0.4 is 10.1 Å². The Hall–Kier alpha value is -3.23. The van der Waals surface area contributed by atoms with Crippen LogP contribution in [-0.2, 0) is 22.1 Å². The van der Waals surface area contributed by atoms with E-state index in [1.165, 1.54) is 0 Å². The minimum absolute atomic E-state index is 0.419. The van der Waals surface area contributed by atoms with Crippen LogP contribution in [0.3, 0.4) is 0 Å². The highest BCUT2D eigenvalue weighted by atomic mass is 32.2. The molecule has 1 aliphatic heterocycles. The molecule has 8 heteroatoms. The second kappa shape index (κ2) is 16.0. The summed E-state index contributed by atoms with van der Waals surface area (Å²) in [5.74, 6) is 3.40. The van der Waals surface area contributed by atoms with Crippen LogP contribution in [0.15, 0.2) is 67.1 Å². The average molecular weight is 551 g/mol. The Morgan fingerprint density at radius 1 is 1.31 bits per heavy atom. The summed E-state index contributed by atoms with van der Waals surface area (Å²) in [4.78, 5) is 11.6. The molecule has 1 aromatic carbocycles. The van der Waals surface area contributed by atoms with E-state index < -0.39 is 10.8 Å². The van der Waals surface area contributed by atoms with Crippen LogP contribution >= 0.6 is 0 Å². The molecule has 7 nitrogen and oxygen atoms in total. The molecule has 2 heterocycles. The Balaban J connectivity index is 1.94. The van der Waals surface area contributed by atoms with Gasteiger partial charge in [0.05, 0.1) is 30.4 Å². The fraction of sp³-hybridized carbons (Fsp3) is 0.419. The molecule has 4 bridgehead atoms. The quantitative estimate of drug-likeness (QED) is 0.421. The monoisotopic (exact) mass is 550 g/mol. The van der Waals surface area contributed by atoms with E-state index in [0.717, 1.165) is 59.0 Å². The molecule has 1 unspecified atom stereocenters. The van der Waals surface area contributed by atoms with E-state index in [1.54, 1.807) is 0 Å². The summed E-state index contributed by atoms with van der Waals surface area (Å²) in [5, 5.41) is 3.37. The van der Waals surface area contributed by atoms with Crippen LogP contribution in [0.4, 0.5) is 11.6 Å². The van der Waals surface area contributed by atoms with Gasteiger partial charge < -0.3 is 14.8 Å². The molecule has 0 spiro atoms. The molecule has 3 rings (SSSR count). The van der Waals surface area contributed by atoms with Gasteiger partial charge in [0.25, 0.3) is 0 Å². The highest BCUT2D eigenvalue weighted by Crippen LogP contribution is 2.27. The van der Waals surface area contributed by atoms with Gasteiger partial charge in [0.1, 0.15) is 5.75 Å². The van der Waals surface area contributed by atoms with E-state index in [-0.39, 0.29) is 0 Å². The summed E-state index contributed by atoms with van der Waals surface area (Å²) in [5.41, 5.74) is 4.66. The van der Waals surface area contributed by atoms with E-state index in [4.69, 9.17) is 14.5 Å². The summed E-state index contributed by atoms with van der Waals surface area (Å²) in [6.07, 6.45) is 14.8. The van der Waals surface area contributed by atoms with E-state index in [0.29, 0.717) is 43.6 Å². The van der Waals surface area contributed by atoms with Crippen LogP contribution in [0.5, 0.6) is 5.75 Å². The molecule has 0 fully saturated rings. The summed E-state index contributed by atoms with van der Waals surface area (Å²) >= 11 is 0. The highest BCUT2D eigenvalue weighted by Gasteiger charge is 2.12. The molecular formula is C31H42N4O3S. The molecule has 1 aliphatic rings. The van der Waals surface area contributed by atoms with Gasteiger partial charge in [0, 0.05) is 53.5 Å². The van der Waals surface area contributed by atoms with Gasteiger partial charge in [-0.25, -0.2) is 9.97 Å². The Bertz CT molecular complexity index is 1220. The van der Waals surface area contributed by atoms with Gasteiger partial charge in [0.15, 0.2) is 0 Å². The van der Waals surface area contributed by atoms with Crippen molar-refractivity contribution in [2.45, 2.75) is 46.6 Å². The molecule has 1 atom stereocenters. The molecule has 0 saturated carbocycles. The molecule has 210 valence electrons. The number of benzene rings is 1. The zero-order valence-corrected chi connectivity index (χ0v) is 24.6. The zero-order chi connectivity index (χ0) is 28.0. The van der Waals surface area contributed by atoms with E-state index >= 15 is 0 Å². The summed E-state index contributed by atoms with van der Waals surface area (Å²) in [6, 6.07) is 6.00. The molecule has 39 heavy (non-hydrogen) atoms. The third-order valence-corrected chi connectivity index (χ3v) is 7.61. The van der Waals surface area contributed by atoms with Gasteiger partial charge >= 0.3 is 0 Å². The van der Waals surface area contributed by atoms with Crippen molar-refractivity contribution in [3.63, 3.8) is 0 Å². The van der Waals surface area contributed by atoms with Crippen LogP contribution in [0.1, 0.15) is 49.9 Å². The fourth-order valence-electron chi connectivity index (χ4n) is 4.11. The maximum atomic E-state index is 11.9. The molecule has 2 aromatic rings. The molecule has 1 N–H and O–H groups in total. The topological polar surface area (TPSA) is 76.6 Å². The standard InChI is InChI=1S/C31H42N4O3S/c1-6-25-13-15-28(7-2)37-18-12-10-9-11-17-35(5)23-26-21-27(33-31-32-22-24(4)30(25)34-31)14-16-29(26)38-19-20-39(36)8-3/h6-7,9,11,13-14,16,21-22H,1,8,10,12,15,17-20,23H2,2-5H3,(H,32,33,34)/b11-9+,25-13?,28-7+. The lowest BCUT2D eigenvalue weighted by atomic mass is 10.1. The first-order chi connectivity index (χ1) is 18.9. The average Bonchev–Trinajstić information content (AvgIpc) is 2.93. The first kappa shape index (κ1) is 30.3. The summed E-state index contributed by atoms with van der Waals surface area (Å²) < 4.78 is 24.0. The number of hydrogen-bond donors (Lipinski definition) is 1. The van der Waals surface area contributed by atoms with Crippen molar-refractivity contribution >= 4 is 28.0 Å². The van der Waals surface area contributed by atoms with Gasteiger partial charge in [-0.3, -0.25) is 9.11 Å². The predicted octanol–water partition coefficient (Wildman–Crippen LogP) is 6.34. The van der Waals surface area contributed by atoms with E-state index in [1.807, 2.05) is 51.3 Å². The number of fused-ring (bicyclic) bond motifs is 4. The third-order valence-electron chi connectivity index (χ3n) is 6.34. The van der Waals surface area contributed by atoms with Crippen molar-refractivity contribution in [3.8, 4) is 5.75 Å². The number of nitrogens with zero attached hydrogens (tertiary/aromatic N) is 3. The molecule has 0 aliphatic carbocycles. The smallest absolute Gasteiger partial charge is 0.227 e. The zero-order valence-electron chi connectivity index (χ0n) is 23.7. The molecule has 0 amide bonds. The number of aryl methyl sites for hydroxylation is 1. The van der Waals surface area contributed by atoms with Crippen molar-refractivity contribution in [2.24, 2.45) is 0 Å². The van der Waals surface area contributed by atoms with E-state index in [9.17, 15) is 4.21 Å². The highest BCUT2D eigenvalue weighted by molar-refractivity contribution is 7.84. The van der Waals surface area contributed by atoms with Gasteiger partial charge in [-0.2, -0.15) is 0 Å². The van der Waals surface area contributed by atoms with E-state index in [2.05, 4.69) is 53.1 Å². The Labute approximate surface area is 236 Å². The Morgan fingerprint density at radius 2 is 2.15 bits per heavy atom. The lowest BCUT2D eigenvalue weighted by molar-refractivity contribution is 0.204. The number of ether oxygens (including phenoxy) is 2. The SMILES string of the molecule is C=CC1=CC/C(=C\C)OCCC/C=C/CN(C)Cc2cc(ccc2OCCS(=O)CC)Nc2ncc(C)c1n2. The van der Waals surface area contributed by atoms with Crippen LogP contribution in [0.25, 0.3) is 5.57 Å². The number of anilines is 2. The van der Waals surface area contributed by atoms with Crippen LogP contribution in [0.2, 0.25) is 0 Å². The van der Waals surface area contributed by atoms with Gasteiger partial charge in [0.2, 0.25) is 5.95 Å². The Morgan fingerprint density at radius 3 is 2.92 bits per heavy atom. The van der Waals surface area contributed by atoms with Crippen molar-refractivity contribution in [3.05, 3.63) is 83.9 Å². The number of rotatable bonds is 6. The van der Waals surface area contributed by atoms with Gasteiger partial charge in [-0.1, -0.05) is 37.8 Å². The molecule has 0 saturated heterocycles. The fourth-order valence-corrected chi connectivity index (χ4v) is 4.67.